The van der Waals surface area contributed by atoms with Crippen molar-refractivity contribution in [1.82, 2.24) is 9.47 Å². The maximum atomic E-state index is 5.82. The normalized spacial score (nSPS) is 17.1. The second-order valence-electron chi connectivity index (χ2n) is 7.82. The molecule has 0 unspecified atom stereocenters. The van der Waals surface area contributed by atoms with Gasteiger partial charge in [-0.15, -0.1) is 11.3 Å². The second-order valence-corrected chi connectivity index (χ2v) is 8.65. The number of hydrogen-bond donors (Lipinski definition) is 0. The van der Waals surface area contributed by atoms with Crippen molar-refractivity contribution in [3.05, 3.63) is 58.2 Å². The Labute approximate surface area is 186 Å². The van der Waals surface area contributed by atoms with Gasteiger partial charge in [0.05, 0.1) is 24.6 Å². The van der Waals surface area contributed by atoms with Crippen LogP contribution >= 0.6 is 11.3 Å². The van der Waals surface area contributed by atoms with Crippen molar-refractivity contribution in [2.45, 2.75) is 13.5 Å². The molecule has 162 valence electrons. The summed E-state index contributed by atoms with van der Waals surface area (Å²) in [5.41, 5.74) is 4.47. The molecule has 7 heteroatoms. The third kappa shape index (κ3) is 4.69. The molecule has 0 amide bonds. The van der Waals surface area contributed by atoms with Gasteiger partial charge in [0.25, 0.3) is 0 Å². The van der Waals surface area contributed by atoms with Gasteiger partial charge in [0.15, 0.2) is 16.3 Å². The molecule has 0 aliphatic carbocycles. The third-order valence-electron chi connectivity index (χ3n) is 5.61. The number of benzene rings is 2. The topological polar surface area (TPSA) is 48.2 Å². The van der Waals surface area contributed by atoms with Gasteiger partial charge in [-0.3, -0.25) is 4.90 Å². The molecule has 1 aromatic heterocycles. The molecular formula is C24H27N3O3S. The van der Waals surface area contributed by atoms with Crippen LogP contribution in [0.2, 0.25) is 0 Å². The molecule has 0 saturated carbocycles. The quantitative estimate of drug-likeness (QED) is 0.608. The van der Waals surface area contributed by atoms with Crippen LogP contribution in [0.3, 0.4) is 0 Å². The predicted molar refractivity (Wildman–Crippen MR) is 122 cm³/mol. The van der Waals surface area contributed by atoms with Gasteiger partial charge >= 0.3 is 0 Å². The summed E-state index contributed by atoms with van der Waals surface area (Å²) in [7, 11) is 0. The van der Waals surface area contributed by atoms with Crippen molar-refractivity contribution < 1.29 is 14.2 Å². The number of ether oxygens (including phenoxy) is 3. The fourth-order valence-corrected chi connectivity index (χ4v) is 4.90. The van der Waals surface area contributed by atoms with E-state index in [0.717, 1.165) is 72.6 Å². The minimum atomic E-state index is 0.588. The Balaban J connectivity index is 1.52. The van der Waals surface area contributed by atoms with Gasteiger partial charge in [-0.2, -0.15) is 0 Å². The lowest BCUT2D eigenvalue weighted by atomic mass is 10.1. The molecule has 3 heterocycles. The molecule has 0 atom stereocenters. The first-order chi connectivity index (χ1) is 15.3. The van der Waals surface area contributed by atoms with Crippen molar-refractivity contribution in [2.75, 3.05) is 46.1 Å². The van der Waals surface area contributed by atoms with E-state index in [9.17, 15) is 0 Å². The SMILES string of the molecule is Cc1cccc(N=c2scc(-c3ccc4c(c3)OCCO4)n2CCN2CCOCC2)c1. The van der Waals surface area contributed by atoms with Gasteiger partial charge in [-0.25, -0.2) is 4.99 Å². The smallest absolute Gasteiger partial charge is 0.190 e. The molecule has 2 aliphatic heterocycles. The lowest BCUT2D eigenvalue weighted by Crippen LogP contribution is -2.39. The Bertz CT molecular complexity index is 1120. The standard InChI is InChI=1S/C24H27N3O3S/c1-18-3-2-4-20(15-18)25-24-27(8-7-26-9-11-28-12-10-26)21(17-31-24)19-5-6-22-23(16-19)30-14-13-29-22/h2-6,15-17H,7-14H2,1H3. The molecule has 2 aromatic carbocycles. The van der Waals surface area contributed by atoms with Crippen molar-refractivity contribution in [2.24, 2.45) is 4.99 Å². The second kappa shape index (κ2) is 9.26. The zero-order valence-electron chi connectivity index (χ0n) is 17.8. The average molecular weight is 438 g/mol. The molecule has 0 spiro atoms. The number of rotatable bonds is 5. The zero-order valence-corrected chi connectivity index (χ0v) is 18.6. The lowest BCUT2D eigenvalue weighted by Gasteiger charge is -2.27. The number of hydrogen-bond acceptors (Lipinski definition) is 6. The van der Waals surface area contributed by atoms with E-state index in [1.807, 2.05) is 6.07 Å². The number of aryl methyl sites for hydroxylation is 1. The molecule has 0 radical (unpaired) electrons. The van der Waals surface area contributed by atoms with Crippen LogP contribution in [-0.4, -0.2) is 55.5 Å². The van der Waals surface area contributed by atoms with Crippen LogP contribution in [0.25, 0.3) is 11.3 Å². The Morgan fingerprint density at radius 1 is 0.935 bits per heavy atom. The highest BCUT2D eigenvalue weighted by atomic mass is 32.1. The molecular weight excluding hydrogens is 410 g/mol. The van der Waals surface area contributed by atoms with Crippen LogP contribution in [0.1, 0.15) is 5.56 Å². The number of morpholine rings is 1. The Morgan fingerprint density at radius 3 is 2.61 bits per heavy atom. The van der Waals surface area contributed by atoms with Crippen LogP contribution in [0.4, 0.5) is 5.69 Å². The maximum Gasteiger partial charge on any atom is 0.190 e. The third-order valence-corrected chi connectivity index (χ3v) is 6.47. The maximum absolute atomic E-state index is 5.82. The molecule has 31 heavy (non-hydrogen) atoms. The van der Waals surface area contributed by atoms with Crippen LogP contribution in [0, 0.1) is 6.92 Å². The van der Waals surface area contributed by atoms with E-state index in [-0.39, 0.29) is 0 Å². The van der Waals surface area contributed by atoms with E-state index in [1.54, 1.807) is 11.3 Å². The first-order valence-corrected chi connectivity index (χ1v) is 11.6. The zero-order chi connectivity index (χ0) is 21.0. The van der Waals surface area contributed by atoms with Gasteiger partial charge < -0.3 is 18.8 Å². The van der Waals surface area contributed by atoms with Crippen LogP contribution in [0.15, 0.2) is 52.8 Å². The highest BCUT2D eigenvalue weighted by Gasteiger charge is 2.16. The number of aromatic nitrogens is 1. The largest absolute Gasteiger partial charge is 0.486 e. The number of nitrogens with zero attached hydrogens (tertiary/aromatic N) is 3. The first-order valence-electron chi connectivity index (χ1n) is 10.8. The highest BCUT2D eigenvalue weighted by molar-refractivity contribution is 7.07. The number of fused-ring (bicyclic) bond motifs is 1. The summed E-state index contributed by atoms with van der Waals surface area (Å²) in [6.45, 7) is 8.71. The van der Waals surface area contributed by atoms with Crippen molar-refractivity contribution in [1.29, 1.82) is 0 Å². The van der Waals surface area contributed by atoms with Gasteiger partial charge in [0, 0.05) is 37.1 Å². The monoisotopic (exact) mass is 437 g/mol. The summed E-state index contributed by atoms with van der Waals surface area (Å²) in [6.07, 6.45) is 0. The summed E-state index contributed by atoms with van der Waals surface area (Å²) < 4.78 is 19.4. The van der Waals surface area contributed by atoms with E-state index in [1.165, 1.54) is 5.56 Å². The van der Waals surface area contributed by atoms with Gasteiger partial charge in [-0.1, -0.05) is 12.1 Å². The molecule has 1 fully saturated rings. The van der Waals surface area contributed by atoms with Gasteiger partial charge in [0.1, 0.15) is 13.2 Å². The van der Waals surface area contributed by atoms with E-state index >= 15 is 0 Å². The molecule has 3 aromatic rings. The van der Waals surface area contributed by atoms with Crippen LogP contribution in [-0.2, 0) is 11.3 Å². The predicted octanol–water partition coefficient (Wildman–Crippen LogP) is 3.86. The van der Waals surface area contributed by atoms with Crippen LogP contribution < -0.4 is 14.3 Å². The Kier molecular flexibility index (Phi) is 6.06. The van der Waals surface area contributed by atoms with Crippen molar-refractivity contribution >= 4 is 17.0 Å². The van der Waals surface area contributed by atoms with E-state index in [4.69, 9.17) is 19.2 Å². The van der Waals surface area contributed by atoms with E-state index in [2.05, 4.69) is 58.2 Å². The highest BCUT2D eigenvalue weighted by Crippen LogP contribution is 2.34. The molecule has 0 bridgehead atoms. The molecule has 2 aliphatic rings. The van der Waals surface area contributed by atoms with E-state index < -0.39 is 0 Å². The van der Waals surface area contributed by atoms with Crippen molar-refractivity contribution in [3.8, 4) is 22.8 Å². The summed E-state index contributed by atoms with van der Waals surface area (Å²) in [5.74, 6) is 1.63. The van der Waals surface area contributed by atoms with E-state index in [0.29, 0.717) is 13.2 Å². The van der Waals surface area contributed by atoms with Gasteiger partial charge in [-0.05, 0) is 42.8 Å². The summed E-state index contributed by atoms with van der Waals surface area (Å²) in [5, 5.41) is 2.19. The minimum absolute atomic E-state index is 0.588. The van der Waals surface area contributed by atoms with Crippen LogP contribution in [0.5, 0.6) is 11.5 Å². The molecule has 1 saturated heterocycles. The Hall–Kier alpha value is -2.61. The molecule has 5 rings (SSSR count). The number of thiazole rings is 1. The minimum Gasteiger partial charge on any atom is -0.486 e. The molecule has 6 nitrogen and oxygen atoms in total. The summed E-state index contributed by atoms with van der Waals surface area (Å²) >= 11 is 1.68. The fourth-order valence-electron chi connectivity index (χ4n) is 3.94. The molecule has 0 N–H and O–H groups in total. The Morgan fingerprint density at radius 2 is 1.77 bits per heavy atom. The first kappa shape index (κ1) is 20.3. The van der Waals surface area contributed by atoms with Gasteiger partial charge in [0.2, 0.25) is 0 Å². The summed E-state index contributed by atoms with van der Waals surface area (Å²) in [6, 6.07) is 14.5. The fraction of sp³-hybridized carbons (Fsp3) is 0.375. The average Bonchev–Trinajstić information content (AvgIpc) is 3.20. The lowest BCUT2D eigenvalue weighted by molar-refractivity contribution is 0.0363. The summed E-state index contributed by atoms with van der Waals surface area (Å²) in [4.78, 5) is 8.44. The van der Waals surface area contributed by atoms with Crippen molar-refractivity contribution in [3.63, 3.8) is 0 Å².